The van der Waals surface area contributed by atoms with E-state index in [1.54, 1.807) is 37.4 Å². The predicted molar refractivity (Wildman–Crippen MR) is 84.0 cm³/mol. The lowest BCUT2D eigenvalue weighted by molar-refractivity contribution is 0.409. The van der Waals surface area contributed by atoms with Crippen molar-refractivity contribution in [2.75, 3.05) is 12.8 Å². The minimum atomic E-state index is 0.405. The molecule has 0 unspecified atom stereocenters. The number of benzene rings is 2. The molecule has 2 aromatic rings. The third-order valence-corrected chi connectivity index (χ3v) is 3.80. The van der Waals surface area contributed by atoms with Gasteiger partial charge in [-0.3, -0.25) is 0 Å². The number of nitrogens with two attached hydrogens (primary N) is 1. The van der Waals surface area contributed by atoms with E-state index in [4.69, 9.17) is 20.5 Å². The van der Waals surface area contributed by atoms with Crippen molar-refractivity contribution in [1.82, 2.24) is 0 Å². The van der Waals surface area contributed by atoms with Crippen LogP contribution in [0.25, 0.3) is 0 Å². The summed E-state index contributed by atoms with van der Waals surface area (Å²) in [5.41, 5.74) is 6.76. The van der Waals surface area contributed by atoms with Gasteiger partial charge in [0.05, 0.1) is 33.4 Å². The van der Waals surface area contributed by atoms with E-state index < -0.39 is 0 Å². The number of nitrogen functional groups attached to an aromatic ring is 1. The van der Waals surface area contributed by atoms with E-state index in [2.05, 4.69) is 31.9 Å². The second kappa shape index (κ2) is 6.16. The molecule has 2 rings (SSSR count). The minimum absolute atomic E-state index is 0.405. The van der Waals surface area contributed by atoms with Gasteiger partial charge in [-0.1, -0.05) is 0 Å². The van der Waals surface area contributed by atoms with Gasteiger partial charge in [0.1, 0.15) is 17.2 Å². The summed E-state index contributed by atoms with van der Waals surface area (Å²) in [6.07, 6.45) is 0. The number of nitriles is 1. The summed E-state index contributed by atoms with van der Waals surface area (Å²) < 4.78 is 12.5. The molecule has 0 heterocycles. The average Bonchev–Trinajstić information content (AvgIpc) is 2.44. The third-order valence-electron chi connectivity index (χ3n) is 2.57. The lowest BCUT2D eigenvalue weighted by atomic mass is 10.2. The zero-order valence-corrected chi connectivity index (χ0v) is 13.7. The molecule has 2 aromatic carbocycles. The fraction of sp³-hybridized carbons (Fsp3) is 0.0714. The molecule has 0 fully saturated rings. The number of anilines is 1. The van der Waals surface area contributed by atoms with Crippen LogP contribution in [0, 0.1) is 11.3 Å². The summed E-state index contributed by atoms with van der Waals surface area (Å²) >= 11 is 6.81. The van der Waals surface area contributed by atoms with E-state index in [0.717, 1.165) is 8.95 Å². The maximum absolute atomic E-state index is 8.81. The van der Waals surface area contributed by atoms with Crippen molar-refractivity contribution in [1.29, 1.82) is 5.26 Å². The van der Waals surface area contributed by atoms with Gasteiger partial charge in [0.2, 0.25) is 0 Å². The Morgan fingerprint density at radius 1 is 1.05 bits per heavy atom. The molecule has 0 radical (unpaired) electrons. The highest BCUT2D eigenvalue weighted by Crippen LogP contribution is 2.39. The van der Waals surface area contributed by atoms with Crippen molar-refractivity contribution >= 4 is 37.5 Å². The van der Waals surface area contributed by atoms with E-state index in [1.165, 1.54) is 0 Å². The Hall–Kier alpha value is -1.71. The Bertz CT molecular complexity index is 696. The number of rotatable bonds is 3. The average molecular weight is 398 g/mol. The molecule has 20 heavy (non-hydrogen) atoms. The number of hydrogen-bond acceptors (Lipinski definition) is 4. The fourth-order valence-corrected chi connectivity index (χ4v) is 2.46. The SMILES string of the molecule is COc1cc(Br)c(Oc2ccc(C#N)cc2N)cc1Br. The van der Waals surface area contributed by atoms with Crippen LogP contribution in [-0.4, -0.2) is 7.11 Å². The Labute approximate surface area is 133 Å². The van der Waals surface area contributed by atoms with Gasteiger partial charge in [-0.05, 0) is 62.2 Å². The number of halogens is 2. The Morgan fingerprint density at radius 3 is 2.30 bits per heavy atom. The van der Waals surface area contributed by atoms with Gasteiger partial charge in [-0.15, -0.1) is 0 Å². The summed E-state index contributed by atoms with van der Waals surface area (Å²) in [6.45, 7) is 0. The fourth-order valence-electron chi connectivity index (χ4n) is 1.57. The van der Waals surface area contributed by atoms with Gasteiger partial charge >= 0.3 is 0 Å². The monoisotopic (exact) mass is 396 g/mol. The summed E-state index contributed by atoms with van der Waals surface area (Å²) in [6, 6.07) is 10.5. The molecular weight excluding hydrogens is 388 g/mol. The lowest BCUT2D eigenvalue weighted by Gasteiger charge is -2.12. The van der Waals surface area contributed by atoms with Gasteiger partial charge in [0, 0.05) is 0 Å². The van der Waals surface area contributed by atoms with E-state index in [1.807, 2.05) is 6.07 Å². The molecular formula is C14H10Br2N2O2. The second-order valence-corrected chi connectivity index (χ2v) is 5.59. The normalized spacial score (nSPS) is 9.90. The third kappa shape index (κ3) is 3.06. The van der Waals surface area contributed by atoms with Crippen LogP contribution in [0.4, 0.5) is 5.69 Å². The van der Waals surface area contributed by atoms with Crippen LogP contribution in [0.2, 0.25) is 0 Å². The molecule has 4 nitrogen and oxygen atoms in total. The van der Waals surface area contributed by atoms with Crippen molar-refractivity contribution in [2.45, 2.75) is 0 Å². The van der Waals surface area contributed by atoms with Crippen LogP contribution < -0.4 is 15.2 Å². The van der Waals surface area contributed by atoms with E-state index in [9.17, 15) is 0 Å². The maximum atomic E-state index is 8.81. The number of ether oxygens (including phenoxy) is 2. The first-order chi connectivity index (χ1) is 9.55. The number of hydrogen-bond donors (Lipinski definition) is 1. The molecule has 0 amide bonds. The zero-order chi connectivity index (χ0) is 14.7. The molecule has 102 valence electrons. The van der Waals surface area contributed by atoms with Gasteiger partial charge in [0.25, 0.3) is 0 Å². The molecule has 0 aromatic heterocycles. The van der Waals surface area contributed by atoms with E-state index in [0.29, 0.717) is 28.5 Å². The summed E-state index contributed by atoms with van der Waals surface area (Å²) in [5.74, 6) is 1.77. The van der Waals surface area contributed by atoms with Crippen LogP contribution in [0.5, 0.6) is 17.2 Å². The Balaban J connectivity index is 2.35. The van der Waals surface area contributed by atoms with Crippen LogP contribution in [0.15, 0.2) is 39.3 Å². The van der Waals surface area contributed by atoms with Crippen molar-refractivity contribution in [3.63, 3.8) is 0 Å². The van der Waals surface area contributed by atoms with Gasteiger partial charge < -0.3 is 15.2 Å². The van der Waals surface area contributed by atoms with Gasteiger partial charge in [0.15, 0.2) is 0 Å². The van der Waals surface area contributed by atoms with Crippen molar-refractivity contribution in [2.24, 2.45) is 0 Å². The largest absolute Gasteiger partial charge is 0.496 e. The van der Waals surface area contributed by atoms with Crippen LogP contribution in [0.3, 0.4) is 0 Å². The number of nitrogens with zero attached hydrogens (tertiary/aromatic N) is 1. The summed E-state index contributed by atoms with van der Waals surface area (Å²) in [4.78, 5) is 0. The van der Waals surface area contributed by atoms with E-state index in [-0.39, 0.29) is 0 Å². The highest BCUT2D eigenvalue weighted by atomic mass is 79.9. The maximum Gasteiger partial charge on any atom is 0.150 e. The first-order valence-electron chi connectivity index (χ1n) is 5.55. The van der Waals surface area contributed by atoms with E-state index >= 15 is 0 Å². The molecule has 0 spiro atoms. The first kappa shape index (κ1) is 14.7. The van der Waals surface area contributed by atoms with Crippen LogP contribution >= 0.6 is 31.9 Å². The highest BCUT2D eigenvalue weighted by Gasteiger charge is 2.11. The quantitative estimate of drug-likeness (QED) is 0.776. The molecule has 0 aliphatic rings. The second-order valence-electron chi connectivity index (χ2n) is 3.88. The molecule has 0 bridgehead atoms. The van der Waals surface area contributed by atoms with Crippen molar-refractivity contribution in [3.8, 4) is 23.3 Å². The minimum Gasteiger partial charge on any atom is -0.496 e. The zero-order valence-electron chi connectivity index (χ0n) is 10.5. The number of methoxy groups -OCH3 is 1. The Kier molecular flexibility index (Phi) is 4.53. The van der Waals surface area contributed by atoms with Gasteiger partial charge in [-0.25, -0.2) is 0 Å². The van der Waals surface area contributed by atoms with Crippen LogP contribution in [0.1, 0.15) is 5.56 Å². The smallest absolute Gasteiger partial charge is 0.150 e. The molecule has 6 heteroatoms. The molecule has 0 aliphatic heterocycles. The predicted octanol–water partition coefficient (Wildman–Crippen LogP) is 4.47. The van der Waals surface area contributed by atoms with Crippen molar-refractivity contribution < 1.29 is 9.47 Å². The summed E-state index contributed by atoms with van der Waals surface area (Å²) in [5, 5.41) is 8.81. The Morgan fingerprint density at radius 2 is 1.70 bits per heavy atom. The molecule has 2 N–H and O–H groups in total. The van der Waals surface area contributed by atoms with Gasteiger partial charge in [-0.2, -0.15) is 5.26 Å². The van der Waals surface area contributed by atoms with Crippen molar-refractivity contribution in [3.05, 3.63) is 44.8 Å². The molecule has 0 aliphatic carbocycles. The topological polar surface area (TPSA) is 68.3 Å². The first-order valence-corrected chi connectivity index (χ1v) is 7.14. The lowest BCUT2D eigenvalue weighted by Crippen LogP contribution is -1.94. The highest BCUT2D eigenvalue weighted by molar-refractivity contribution is 9.11. The standard InChI is InChI=1S/C14H10Br2N2O2/c1-19-13-5-10(16)14(6-9(13)15)20-12-3-2-8(7-17)4-11(12)18/h2-6H,18H2,1H3. The van der Waals surface area contributed by atoms with Crippen LogP contribution in [-0.2, 0) is 0 Å². The summed E-state index contributed by atoms with van der Waals surface area (Å²) in [7, 11) is 1.59. The molecule has 0 saturated carbocycles. The molecule has 0 atom stereocenters. The molecule has 0 saturated heterocycles.